The molecule has 0 fully saturated rings. The van der Waals surface area contributed by atoms with E-state index in [4.69, 9.17) is 0 Å². The molecule has 68 valence electrons. The second-order valence-corrected chi connectivity index (χ2v) is 3.45. The summed E-state index contributed by atoms with van der Waals surface area (Å²) in [6.45, 7) is 2.10. The van der Waals surface area contributed by atoms with Gasteiger partial charge in [0.2, 0.25) is 0 Å². The minimum absolute atomic E-state index is 0.899. The van der Waals surface area contributed by atoms with E-state index in [2.05, 4.69) is 61.6 Å². The van der Waals surface area contributed by atoms with E-state index in [9.17, 15) is 0 Å². The quantitative estimate of drug-likeness (QED) is 0.579. The molecule has 0 amide bonds. The Morgan fingerprint density at radius 3 is 2.64 bits per heavy atom. The molecule has 0 radical (unpaired) electrons. The lowest BCUT2D eigenvalue weighted by atomic mass is 10.0. The van der Waals surface area contributed by atoms with Gasteiger partial charge >= 0.3 is 0 Å². The summed E-state index contributed by atoms with van der Waals surface area (Å²) in [6.07, 6.45) is 12.6. The van der Waals surface area contributed by atoms with Crippen molar-refractivity contribution in [3.05, 3.63) is 65.8 Å². The van der Waals surface area contributed by atoms with Gasteiger partial charge in [-0.05, 0) is 30.7 Å². The van der Waals surface area contributed by atoms with Gasteiger partial charge in [0.15, 0.2) is 5.57 Å². The first-order chi connectivity index (χ1) is 6.86. The molecule has 0 saturated carbocycles. The van der Waals surface area contributed by atoms with Gasteiger partial charge in [-0.15, -0.1) is 0 Å². The maximum absolute atomic E-state index is 3.36. The molecule has 1 aromatic rings. The first-order valence-corrected chi connectivity index (χ1v) is 4.87. The van der Waals surface area contributed by atoms with E-state index in [1.807, 2.05) is 0 Å². The third kappa shape index (κ3) is 1.99. The molecule has 0 nitrogen and oxygen atoms in total. The topological polar surface area (TPSA) is 0 Å². The molecule has 14 heavy (non-hydrogen) atoms. The monoisotopic (exact) mass is 181 g/mol. The number of rotatable bonds is 1. The van der Waals surface area contributed by atoms with Gasteiger partial charge in [0.05, 0.1) is 18.1 Å². The third-order valence-corrected chi connectivity index (χ3v) is 2.28. The van der Waals surface area contributed by atoms with Gasteiger partial charge in [0.1, 0.15) is 0 Å². The summed E-state index contributed by atoms with van der Waals surface area (Å²) in [5, 5.41) is 0. The molecule has 1 aliphatic rings. The van der Waals surface area contributed by atoms with E-state index in [1.165, 1.54) is 16.7 Å². The summed E-state index contributed by atoms with van der Waals surface area (Å²) < 4.78 is 0. The minimum Gasteiger partial charge on any atom is -0.0583 e. The predicted molar refractivity (Wildman–Crippen MR) is 60.7 cm³/mol. The largest absolute Gasteiger partial charge is 0.191 e. The highest BCUT2D eigenvalue weighted by molar-refractivity contribution is 5.73. The zero-order valence-electron chi connectivity index (χ0n) is 8.33. The summed E-state index contributed by atoms with van der Waals surface area (Å²) in [6, 6.07) is 8.56. The van der Waals surface area contributed by atoms with Crippen molar-refractivity contribution in [3.63, 3.8) is 0 Å². The summed E-state index contributed by atoms with van der Waals surface area (Å²) >= 11 is 0. The molecule has 0 aliphatic heterocycles. The van der Waals surface area contributed by atoms with Crippen molar-refractivity contribution in [2.75, 3.05) is 0 Å². The normalized spacial score (nSPS) is 14.5. The van der Waals surface area contributed by atoms with Crippen LogP contribution >= 0.6 is 0 Å². The molecule has 2 rings (SSSR count). The fourth-order valence-electron chi connectivity index (χ4n) is 1.46. The van der Waals surface area contributed by atoms with Gasteiger partial charge in [-0.25, -0.2) is 0 Å². The average Bonchev–Trinajstić information content (AvgIpc) is 2.47. The summed E-state index contributed by atoms with van der Waals surface area (Å²) in [5.74, 6) is 0. The molecule has 0 unspecified atom stereocenters. The van der Waals surface area contributed by atoms with Crippen molar-refractivity contribution in [1.29, 1.82) is 0 Å². The Morgan fingerprint density at radius 2 is 1.86 bits per heavy atom. The van der Waals surface area contributed by atoms with Gasteiger partial charge in [-0.1, -0.05) is 12.2 Å². The van der Waals surface area contributed by atoms with Crippen molar-refractivity contribution >= 4 is 5.57 Å². The molecule has 1 aromatic carbocycles. The van der Waals surface area contributed by atoms with Crippen LogP contribution < -0.4 is 0 Å². The molecule has 0 N–H and O–H groups in total. The molecular formula is C14H13+. The highest BCUT2D eigenvalue weighted by Gasteiger charge is 2.08. The Kier molecular flexibility index (Phi) is 2.58. The lowest BCUT2D eigenvalue weighted by molar-refractivity contribution is 1.35. The van der Waals surface area contributed by atoms with Crippen LogP contribution in [0.4, 0.5) is 0 Å². The van der Waals surface area contributed by atoms with Gasteiger partial charge in [0, 0.05) is 18.2 Å². The zero-order valence-corrected chi connectivity index (χ0v) is 8.33. The highest BCUT2D eigenvalue weighted by atomic mass is 14.0. The smallest absolute Gasteiger partial charge is 0.0583 e. The SMILES string of the molecule is Cc1ccc(C2=[C+]CC=CC=C2)cc1. The van der Waals surface area contributed by atoms with E-state index in [0.29, 0.717) is 0 Å². The van der Waals surface area contributed by atoms with Crippen LogP contribution in [0.2, 0.25) is 0 Å². The zero-order chi connectivity index (χ0) is 9.80. The molecule has 0 heterocycles. The lowest BCUT2D eigenvalue weighted by Gasteiger charge is -1.92. The standard InChI is InChI=1S/C14H13/c1-12-8-10-14(11-9-12)13-6-4-2-3-5-7-13/h2-4,6,8-11H,5H2,1H3/q+1. The number of allylic oxidation sites excluding steroid dienone is 6. The van der Waals surface area contributed by atoms with Crippen LogP contribution in [0.1, 0.15) is 17.5 Å². The Labute approximate surface area is 85.3 Å². The maximum Gasteiger partial charge on any atom is 0.191 e. The molecule has 0 aromatic heterocycles. The highest BCUT2D eigenvalue weighted by Crippen LogP contribution is 2.18. The van der Waals surface area contributed by atoms with Gasteiger partial charge in [0.25, 0.3) is 0 Å². The summed E-state index contributed by atoms with van der Waals surface area (Å²) in [4.78, 5) is 0. The van der Waals surface area contributed by atoms with Crippen LogP contribution in [0.3, 0.4) is 0 Å². The Morgan fingerprint density at radius 1 is 1.07 bits per heavy atom. The van der Waals surface area contributed by atoms with E-state index in [-0.39, 0.29) is 0 Å². The Hall–Kier alpha value is -1.65. The third-order valence-electron chi connectivity index (χ3n) is 2.28. The Balaban J connectivity index is 2.31. The number of benzene rings is 1. The average molecular weight is 181 g/mol. The fourth-order valence-corrected chi connectivity index (χ4v) is 1.46. The number of hydrogen-bond donors (Lipinski definition) is 0. The summed E-state index contributed by atoms with van der Waals surface area (Å²) in [7, 11) is 0. The van der Waals surface area contributed by atoms with E-state index < -0.39 is 0 Å². The first-order valence-electron chi connectivity index (χ1n) is 4.87. The number of hydrogen-bond acceptors (Lipinski definition) is 0. The van der Waals surface area contributed by atoms with Crippen LogP contribution in [0.5, 0.6) is 0 Å². The van der Waals surface area contributed by atoms with Crippen LogP contribution in [0.15, 0.2) is 48.6 Å². The van der Waals surface area contributed by atoms with Gasteiger partial charge in [-0.2, -0.15) is 0 Å². The Bertz CT molecular complexity index is 389. The molecule has 0 spiro atoms. The maximum atomic E-state index is 3.36. The molecule has 0 heteroatoms. The second kappa shape index (κ2) is 4.04. The summed E-state index contributed by atoms with van der Waals surface area (Å²) in [5.41, 5.74) is 3.73. The van der Waals surface area contributed by atoms with E-state index >= 15 is 0 Å². The van der Waals surface area contributed by atoms with E-state index in [1.54, 1.807) is 0 Å². The van der Waals surface area contributed by atoms with Crippen LogP contribution in [-0.4, -0.2) is 0 Å². The van der Waals surface area contributed by atoms with Crippen molar-refractivity contribution in [2.24, 2.45) is 0 Å². The van der Waals surface area contributed by atoms with Crippen LogP contribution in [0.25, 0.3) is 5.57 Å². The second-order valence-electron chi connectivity index (χ2n) is 3.45. The molecule has 0 bridgehead atoms. The van der Waals surface area contributed by atoms with Gasteiger partial charge in [-0.3, -0.25) is 0 Å². The minimum atomic E-state index is 0.899. The molecule has 1 aliphatic carbocycles. The predicted octanol–water partition coefficient (Wildman–Crippen LogP) is 3.70. The fraction of sp³-hybridized carbons (Fsp3) is 0.143. The molecule has 0 saturated heterocycles. The van der Waals surface area contributed by atoms with Crippen molar-refractivity contribution in [3.8, 4) is 0 Å². The van der Waals surface area contributed by atoms with Gasteiger partial charge < -0.3 is 0 Å². The number of aryl methyl sites for hydroxylation is 1. The molecular weight excluding hydrogens is 168 g/mol. The lowest BCUT2D eigenvalue weighted by Crippen LogP contribution is -1.81. The molecule has 0 atom stereocenters. The van der Waals surface area contributed by atoms with Crippen molar-refractivity contribution < 1.29 is 0 Å². The van der Waals surface area contributed by atoms with E-state index in [0.717, 1.165) is 6.42 Å². The van der Waals surface area contributed by atoms with Crippen molar-refractivity contribution in [1.82, 2.24) is 0 Å². The first kappa shape index (κ1) is 8.93. The van der Waals surface area contributed by atoms with Crippen LogP contribution in [-0.2, 0) is 0 Å². The van der Waals surface area contributed by atoms with Crippen molar-refractivity contribution in [2.45, 2.75) is 13.3 Å². The van der Waals surface area contributed by atoms with Crippen LogP contribution in [0, 0.1) is 13.0 Å².